The normalized spacial score (nSPS) is 6.96. The van der Waals surface area contributed by atoms with Crippen molar-refractivity contribution in [1.82, 2.24) is 19.9 Å². The van der Waals surface area contributed by atoms with E-state index in [-0.39, 0.29) is 50.1 Å². The molecule has 2 aromatic heterocycles. The van der Waals surface area contributed by atoms with E-state index in [1.165, 1.54) is 37.4 Å². The topological polar surface area (TPSA) is 252 Å². The van der Waals surface area contributed by atoms with Crippen LogP contribution in [0.5, 0.6) is 0 Å². The number of carboxylic acids is 2. The predicted molar refractivity (Wildman–Crippen MR) is 72.4 cm³/mol. The SMILES string of the molecule is O.O.O.O.O=C(O)c1cncnc1.O=C(O)c1cncnc1.[Mn]. The van der Waals surface area contributed by atoms with Crippen molar-refractivity contribution in [2.75, 3.05) is 0 Å². The smallest absolute Gasteiger partial charge is 0.338 e. The third kappa shape index (κ3) is 12.9. The minimum Gasteiger partial charge on any atom is -0.478 e. The quantitative estimate of drug-likeness (QED) is 0.511. The number of hydrogen-bond acceptors (Lipinski definition) is 6. The van der Waals surface area contributed by atoms with E-state index in [1.807, 2.05) is 0 Å². The summed E-state index contributed by atoms with van der Waals surface area (Å²) < 4.78 is 0. The summed E-state index contributed by atoms with van der Waals surface area (Å²) >= 11 is 0. The van der Waals surface area contributed by atoms with Gasteiger partial charge in [-0.1, -0.05) is 0 Å². The summed E-state index contributed by atoms with van der Waals surface area (Å²) in [6, 6.07) is 0. The minimum absolute atomic E-state index is 0. The van der Waals surface area contributed by atoms with E-state index >= 15 is 0 Å². The Morgan fingerprint density at radius 2 is 0.870 bits per heavy atom. The molecule has 0 aliphatic heterocycles. The van der Waals surface area contributed by atoms with Crippen molar-refractivity contribution in [3.05, 3.63) is 48.6 Å². The molecule has 0 aliphatic carbocycles. The van der Waals surface area contributed by atoms with Gasteiger partial charge in [-0.3, -0.25) is 0 Å². The van der Waals surface area contributed by atoms with Crippen LogP contribution in [-0.2, 0) is 17.1 Å². The molecule has 2 aromatic rings. The van der Waals surface area contributed by atoms with Gasteiger partial charge in [0.25, 0.3) is 0 Å². The fraction of sp³-hybridized carbons (Fsp3) is 0. The number of nitrogens with zero attached hydrogens (tertiary/aromatic N) is 4. The van der Waals surface area contributed by atoms with E-state index in [4.69, 9.17) is 10.2 Å². The second kappa shape index (κ2) is 17.5. The van der Waals surface area contributed by atoms with Gasteiger partial charge in [-0.2, -0.15) is 0 Å². The van der Waals surface area contributed by atoms with Gasteiger partial charge in [0.2, 0.25) is 0 Å². The second-order valence-corrected chi connectivity index (χ2v) is 2.86. The third-order valence-electron chi connectivity index (χ3n) is 1.62. The molecule has 10 N–H and O–H groups in total. The van der Waals surface area contributed by atoms with E-state index in [0.29, 0.717) is 0 Å². The molecule has 2 heterocycles. The van der Waals surface area contributed by atoms with Gasteiger partial charge in [0, 0.05) is 41.9 Å². The second-order valence-electron chi connectivity index (χ2n) is 2.86. The van der Waals surface area contributed by atoms with Crippen molar-refractivity contribution in [3.63, 3.8) is 0 Å². The number of hydrogen-bond donors (Lipinski definition) is 2. The fourth-order valence-corrected chi connectivity index (χ4v) is 0.819. The Morgan fingerprint density at radius 3 is 1.00 bits per heavy atom. The Kier molecular flexibility index (Phi) is 24.7. The molecule has 0 aliphatic rings. The maximum absolute atomic E-state index is 10.1. The van der Waals surface area contributed by atoms with Gasteiger partial charge in [-0.15, -0.1) is 0 Å². The summed E-state index contributed by atoms with van der Waals surface area (Å²) in [6.45, 7) is 0. The van der Waals surface area contributed by atoms with Gasteiger partial charge >= 0.3 is 11.9 Å². The Balaban J connectivity index is -0.0000000771. The van der Waals surface area contributed by atoms with E-state index in [2.05, 4.69) is 19.9 Å². The zero-order valence-corrected chi connectivity index (χ0v) is 12.5. The zero-order valence-electron chi connectivity index (χ0n) is 11.3. The van der Waals surface area contributed by atoms with Crippen LogP contribution in [0.3, 0.4) is 0 Å². The van der Waals surface area contributed by atoms with Crippen molar-refractivity contribution in [2.24, 2.45) is 0 Å². The molecule has 0 bridgehead atoms. The molecule has 0 fully saturated rings. The summed E-state index contributed by atoms with van der Waals surface area (Å²) in [7, 11) is 0. The molecule has 0 saturated carbocycles. The Hall–Kier alpha value is -2.54. The first kappa shape index (κ1) is 32.4. The van der Waals surface area contributed by atoms with Crippen LogP contribution in [0.1, 0.15) is 20.7 Å². The molecule has 12 nitrogen and oxygen atoms in total. The van der Waals surface area contributed by atoms with Crippen LogP contribution in [0.25, 0.3) is 0 Å². The van der Waals surface area contributed by atoms with Crippen molar-refractivity contribution >= 4 is 11.9 Å². The molecule has 0 unspecified atom stereocenters. The molecule has 2 rings (SSSR count). The van der Waals surface area contributed by atoms with Crippen molar-refractivity contribution in [3.8, 4) is 0 Å². The standard InChI is InChI=1S/2C5H4N2O2.Mn.4H2O/c2*8-5(9)4-1-6-3-7-2-4;;;;;/h2*1-3H,(H,8,9);;4*1H2. The number of rotatable bonds is 2. The van der Waals surface area contributed by atoms with Crippen LogP contribution in [0.4, 0.5) is 0 Å². The molecule has 0 aromatic carbocycles. The van der Waals surface area contributed by atoms with Gasteiger partial charge in [0.15, 0.2) is 0 Å². The maximum atomic E-state index is 10.1. The minimum atomic E-state index is -1.00. The summed E-state index contributed by atoms with van der Waals surface area (Å²) in [5.74, 6) is -2.01. The number of carbonyl (C=O) groups is 2. The molecule has 1 radical (unpaired) electrons. The largest absolute Gasteiger partial charge is 0.478 e. The van der Waals surface area contributed by atoms with Crippen LogP contribution in [0.2, 0.25) is 0 Å². The molecule has 131 valence electrons. The first-order valence-corrected chi connectivity index (χ1v) is 4.58. The molecule has 0 saturated heterocycles. The zero-order chi connectivity index (χ0) is 13.4. The molecule has 23 heavy (non-hydrogen) atoms. The predicted octanol–water partition coefficient (Wildman–Crippen LogP) is -2.95. The average Bonchev–Trinajstić information content (AvgIpc) is 2.41. The average molecular weight is 375 g/mol. The van der Waals surface area contributed by atoms with Crippen LogP contribution in [0.15, 0.2) is 37.4 Å². The first-order valence-electron chi connectivity index (χ1n) is 4.58. The summed E-state index contributed by atoms with van der Waals surface area (Å²) in [5, 5.41) is 16.6. The van der Waals surface area contributed by atoms with Gasteiger partial charge in [0.1, 0.15) is 12.7 Å². The van der Waals surface area contributed by atoms with Crippen molar-refractivity contribution in [2.45, 2.75) is 0 Å². The number of aromatic nitrogens is 4. The summed E-state index contributed by atoms with van der Waals surface area (Å²) in [4.78, 5) is 34.3. The van der Waals surface area contributed by atoms with Crippen LogP contribution in [-0.4, -0.2) is 64.0 Å². The van der Waals surface area contributed by atoms with Crippen LogP contribution in [0, 0.1) is 0 Å². The van der Waals surface area contributed by atoms with Gasteiger partial charge in [0.05, 0.1) is 11.1 Å². The van der Waals surface area contributed by atoms with Crippen LogP contribution >= 0.6 is 0 Å². The fourth-order valence-electron chi connectivity index (χ4n) is 0.819. The summed E-state index contributed by atoms with van der Waals surface area (Å²) in [5.41, 5.74) is 0.218. The maximum Gasteiger partial charge on any atom is 0.338 e. The Labute approximate surface area is 140 Å². The molecule has 0 atom stereocenters. The van der Waals surface area contributed by atoms with Crippen LogP contribution < -0.4 is 0 Å². The number of aromatic carboxylic acids is 2. The van der Waals surface area contributed by atoms with Crippen molar-refractivity contribution in [1.29, 1.82) is 0 Å². The van der Waals surface area contributed by atoms with E-state index in [0.717, 1.165) is 0 Å². The first-order chi connectivity index (χ1) is 8.61. The van der Waals surface area contributed by atoms with Gasteiger partial charge < -0.3 is 32.1 Å². The molecule has 0 amide bonds. The molecule has 0 spiro atoms. The monoisotopic (exact) mass is 375 g/mol. The Morgan fingerprint density at radius 1 is 0.652 bits per heavy atom. The van der Waals surface area contributed by atoms with E-state index in [9.17, 15) is 9.59 Å². The Bertz CT molecular complexity index is 481. The van der Waals surface area contributed by atoms with Gasteiger partial charge in [-0.05, 0) is 0 Å². The van der Waals surface area contributed by atoms with Gasteiger partial charge in [-0.25, -0.2) is 29.5 Å². The molecular weight excluding hydrogens is 359 g/mol. The van der Waals surface area contributed by atoms with Crippen molar-refractivity contribution < 1.29 is 58.8 Å². The molecular formula is C10H16MnN4O8. The van der Waals surface area contributed by atoms with E-state index in [1.54, 1.807) is 0 Å². The van der Waals surface area contributed by atoms with E-state index < -0.39 is 11.9 Å². The third-order valence-corrected chi connectivity index (χ3v) is 1.62. The molecule has 13 heteroatoms. The number of carboxylic acid groups (broad SMARTS) is 2. The summed E-state index contributed by atoms with van der Waals surface area (Å²) in [6.07, 6.45) is 7.55.